The Morgan fingerprint density at radius 3 is 2.00 bits per heavy atom. The summed E-state index contributed by atoms with van der Waals surface area (Å²) in [6.07, 6.45) is 0.448. The number of hydrogen-bond donors (Lipinski definition) is 0. The summed E-state index contributed by atoms with van der Waals surface area (Å²) in [6, 6.07) is 26.1. The summed E-state index contributed by atoms with van der Waals surface area (Å²) in [4.78, 5) is 13.2. The molecule has 0 amide bonds. The molecule has 0 bridgehead atoms. The van der Waals surface area contributed by atoms with E-state index in [2.05, 4.69) is 5.10 Å². The number of benzene rings is 3. The van der Waals surface area contributed by atoms with Gasteiger partial charge in [-0.15, -0.1) is 0 Å². The molecule has 27 heavy (non-hydrogen) atoms. The van der Waals surface area contributed by atoms with Gasteiger partial charge in [-0.3, -0.25) is 4.79 Å². The Morgan fingerprint density at radius 2 is 1.44 bits per heavy atom. The maximum absolute atomic E-state index is 13.2. The topological polar surface area (TPSA) is 53.2 Å². The molecule has 1 N–H and O–H groups in total. The van der Waals surface area contributed by atoms with Crippen molar-refractivity contribution < 1.29 is 23.7 Å². The van der Waals surface area contributed by atoms with Crippen LogP contribution in [0.1, 0.15) is 27.4 Å². The molecular weight excluding hydrogens is 351 g/mol. The number of Topliss-reactive ketones (excluding diaryl/α,β-unsaturated/α-hetero) is 1. The number of nitrogens with one attached hydrogen (secondary N) is 1. The van der Waals surface area contributed by atoms with Crippen molar-refractivity contribution in [2.75, 3.05) is 0 Å². The van der Waals surface area contributed by atoms with Crippen molar-refractivity contribution in [2.24, 2.45) is 5.10 Å². The molecule has 0 aliphatic carbocycles. The summed E-state index contributed by atoms with van der Waals surface area (Å²) in [7, 11) is 0. The molecule has 0 aliphatic heterocycles. The first-order valence-electron chi connectivity index (χ1n) is 8.31. The van der Waals surface area contributed by atoms with Crippen LogP contribution in [0, 0.1) is 0 Å². The Labute approximate surface area is 176 Å². The smallest absolute Gasteiger partial charge is 0.617 e. The van der Waals surface area contributed by atoms with E-state index in [0.29, 0.717) is 22.7 Å². The summed E-state index contributed by atoms with van der Waals surface area (Å²) in [6.45, 7) is 0. The minimum absolute atomic E-state index is 0. The molecule has 3 aromatic rings. The van der Waals surface area contributed by atoms with Crippen LogP contribution in [0.25, 0.3) is 5.84 Å². The quantitative estimate of drug-likeness (QED) is 0.285. The number of rotatable bonds is 6. The van der Waals surface area contributed by atoms with Gasteiger partial charge in [0.05, 0.1) is 5.92 Å². The van der Waals surface area contributed by atoms with Crippen molar-refractivity contribution in [3.63, 3.8) is 0 Å². The number of hydrogen-bond acceptors (Lipinski definition) is 2. The second-order valence-electron chi connectivity index (χ2n) is 5.98. The largest absolute Gasteiger partial charge is 1.00 e. The van der Waals surface area contributed by atoms with Crippen LogP contribution in [0.5, 0.6) is 0 Å². The van der Waals surface area contributed by atoms with Crippen molar-refractivity contribution in [3.8, 4) is 0 Å². The van der Waals surface area contributed by atoms with Gasteiger partial charge >= 0.3 is 18.9 Å². The van der Waals surface area contributed by atoms with E-state index in [9.17, 15) is 4.79 Å². The fourth-order valence-corrected chi connectivity index (χ4v) is 3.06. The summed E-state index contributed by atoms with van der Waals surface area (Å²) in [5.41, 5.74) is 2.91. The number of halogens is 1. The molecule has 0 aromatic heterocycles. The van der Waals surface area contributed by atoms with Crippen molar-refractivity contribution in [2.45, 2.75) is 12.3 Å². The number of carbonyl (C=O) groups is 1. The zero-order chi connectivity index (χ0) is 18.4. The van der Waals surface area contributed by atoms with E-state index >= 15 is 0 Å². The molecule has 1 atom stereocenters. The molecule has 0 spiro atoms. The molecule has 3 aromatic carbocycles. The van der Waals surface area contributed by atoms with Crippen LogP contribution in [0.3, 0.4) is 0 Å². The van der Waals surface area contributed by atoms with E-state index in [0.717, 1.165) is 11.1 Å². The molecule has 5 heteroatoms. The second kappa shape index (κ2) is 10.1. The Bertz CT molecular complexity index is 897. The standard InChI is InChI=1S/C22H18ClN2O.Li/c23-19-13-11-18(12-14-19)22(26)21(17-9-5-2-6-10-17)20(25-24)15-16-7-3-1-4-8-16;/h1-14,21,24H,15H2;/q-1;+1/b25-20-;. The fraction of sp³-hybridized carbons (Fsp3) is 0.0909. The van der Waals surface area contributed by atoms with E-state index in [1.54, 1.807) is 24.3 Å². The summed E-state index contributed by atoms with van der Waals surface area (Å²) in [5, 5.41) is 4.32. The van der Waals surface area contributed by atoms with Gasteiger partial charge in [-0.2, -0.15) is 0 Å². The molecule has 0 saturated heterocycles. The molecular formula is C22H18ClLiN2O. The first kappa shape index (κ1) is 21.0. The molecule has 0 saturated carbocycles. The molecule has 0 aliphatic rings. The Morgan fingerprint density at radius 1 is 0.889 bits per heavy atom. The van der Waals surface area contributed by atoms with E-state index in [1.165, 1.54) is 0 Å². The minimum Gasteiger partial charge on any atom is -0.617 e. The molecule has 3 nitrogen and oxygen atoms in total. The van der Waals surface area contributed by atoms with Crippen molar-refractivity contribution >= 4 is 23.1 Å². The Kier molecular flexibility index (Phi) is 7.88. The van der Waals surface area contributed by atoms with Crippen molar-refractivity contribution in [1.29, 1.82) is 0 Å². The van der Waals surface area contributed by atoms with Gasteiger partial charge in [-0.25, -0.2) is 0 Å². The van der Waals surface area contributed by atoms with Crippen molar-refractivity contribution in [1.82, 2.24) is 0 Å². The van der Waals surface area contributed by atoms with E-state index in [-0.39, 0.29) is 24.6 Å². The van der Waals surface area contributed by atoms with Crippen LogP contribution in [0.4, 0.5) is 0 Å². The molecule has 3 rings (SSSR count). The van der Waals surface area contributed by atoms with Gasteiger partial charge in [-0.1, -0.05) is 72.3 Å². The van der Waals surface area contributed by atoms with E-state index < -0.39 is 5.92 Å². The van der Waals surface area contributed by atoms with Gasteiger partial charge in [0, 0.05) is 22.7 Å². The first-order valence-corrected chi connectivity index (χ1v) is 8.68. The summed E-state index contributed by atoms with van der Waals surface area (Å²) in [5.74, 6) is 7.00. The van der Waals surface area contributed by atoms with E-state index in [1.807, 2.05) is 60.7 Å². The first-order chi connectivity index (χ1) is 12.7. The number of nitrogens with zero attached hydrogens (tertiary/aromatic N) is 1. The predicted molar refractivity (Wildman–Crippen MR) is 107 cm³/mol. The van der Waals surface area contributed by atoms with Gasteiger partial charge < -0.3 is 10.9 Å². The third-order valence-corrected chi connectivity index (χ3v) is 4.48. The normalized spacial score (nSPS) is 12.1. The molecule has 1 unspecified atom stereocenters. The zero-order valence-corrected chi connectivity index (χ0v) is 15.9. The van der Waals surface area contributed by atoms with Gasteiger partial charge in [0.2, 0.25) is 0 Å². The second-order valence-corrected chi connectivity index (χ2v) is 6.42. The molecule has 0 heterocycles. The van der Waals surface area contributed by atoms with Gasteiger partial charge in [-0.05, 0) is 35.4 Å². The van der Waals surface area contributed by atoms with Crippen LogP contribution in [0.15, 0.2) is 90.0 Å². The monoisotopic (exact) mass is 368 g/mol. The van der Waals surface area contributed by atoms with Crippen LogP contribution < -0.4 is 18.9 Å². The maximum atomic E-state index is 13.2. The van der Waals surface area contributed by atoms with Gasteiger partial charge in [0.25, 0.3) is 0 Å². The Hall–Kier alpha value is -2.31. The minimum atomic E-state index is -0.602. The van der Waals surface area contributed by atoms with Gasteiger partial charge in [0.15, 0.2) is 5.78 Å². The van der Waals surface area contributed by atoms with Crippen LogP contribution in [0.2, 0.25) is 5.02 Å². The fourth-order valence-electron chi connectivity index (χ4n) is 2.93. The Balaban J connectivity index is 0.00000261. The van der Waals surface area contributed by atoms with Gasteiger partial charge in [0.1, 0.15) is 0 Å². The average molecular weight is 369 g/mol. The maximum Gasteiger partial charge on any atom is 1.00 e. The molecule has 0 radical (unpaired) electrons. The predicted octanol–water partition coefficient (Wildman–Crippen LogP) is 2.96. The number of carbonyl (C=O) groups excluding carboxylic acids is 1. The van der Waals surface area contributed by atoms with Crippen LogP contribution >= 0.6 is 11.6 Å². The number of ketones is 1. The summed E-state index contributed by atoms with van der Waals surface area (Å²) >= 11 is 5.95. The van der Waals surface area contributed by atoms with Crippen molar-refractivity contribution in [3.05, 3.63) is 112 Å². The third-order valence-electron chi connectivity index (χ3n) is 4.23. The van der Waals surface area contributed by atoms with Crippen LogP contribution in [-0.4, -0.2) is 11.5 Å². The third kappa shape index (κ3) is 5.34. The SMILES string of the molecule is [Li+].[NH-]/N=C(/Cc1ccccc1)C(C(=O)c1ccc(Cl)cc1)c1ccccc1. The molecule has 130 valence electrons. The summed E-state index contributed by atoms with van der Waals surface area (Å²) < 4.78 is 0. The van der Waals surface area contributed by atoms with Crippen LogP contribution in [-0.2, 0) is 6.42 Å². The average Bonchev–Trinajstić information content (AvgIpc) is 2.69. The van der Waals surface area contributed by atoms with E-state index in [4.69, 9.17) is 17.4 Å². The molecule has 0 fully saturated rings. The zero-order valence-electron chi connectivity index (χ0n) is 15.1.